The summed E-state index contributed by atoms with van der Waals surface area (Å²) in [5.41, 5.74) is 7.18. The van der Waals surface area contributed by atoms with Crippen LogP contribution < -0.4 is 0 Å². The van der Waals surface area contributed by atoms with E-state index in [2.05, 4.69) is 73.8 Å². The number of hydrogen-bond acceptors (Lipinski definition) is 1. The summed E-state index contributed by atoms with van der Waals surface area (Å²) in [6, 6.07) is 7.93. The predicted octanol–water partition coefficient (Wildman–Crippen LogP) is 6.39. The third kappa shape index (κ3) is 4.39. The molecule has 0 N–H and O–H groups in total. The first-order valence-electron chi connectivity index (χ1n) is 9.11. The molecule has 1 aromatic carbocycles. The Morgan fingerprint density at radius 2 is 1.29 bits per heavy atom. The van der Waals surface area contributed by atoms with Crippen molar-refractivity contribution in [2.45, 2.75) is 84.4 Å². The lowest BCUT2D eigenvalue weighted by atomic mass is 9.86. The zero-order chi connectivity index (χ0) is 18.7. The van der Waals surface area contributed by atoms with E-state index in [1.54, 1.807) is 0 Å². The van der Waals surface area contributed by atoms with Crippen LogP contribution in [0, 0.1) is 11.5 Å². The van der Waals surface area contributed by atoms with Gasteiger partial charge in [0.05, 0.1) is 0 Å². The van der Waals surface area contributed by atoms with Crippen molar-refractivity contribution in [1.29, 1.82) is 0 Å². The van der Waals surface area contributed by atoms with E-state index in [4.69, 9.17) is 0 Å². The van der Waals surface area contributed by atoms with Crippen molar-refractivity contribution in [3.8, 4) is 11.5 Å². The SMILES string of the molecule is CC(C)[Si](C#CC(=O)c1ccc(C(C)(C)C)cc1)(C(C)C)C(C)C. The number of carbonyl (C=O) groups excluding carboxylic acids is 1. The highest BCUT2D eigenvalue weighted by molar-refractivity contribution is 6.90. The van der Waals surface area contributed by atoms with Gasteiger partial charge in [0, 0.05) is 5.56 Å². The lowest BCUT2D eigenvalue weighted by molar-refractivity contribution is 0.105. The Labute approximate surface area is 150 Å². The third-order valence-corrected chi connectivity index (χ3v) is 11.6. The molecule has 0 saturated heterocycles. The largest absolute Gasteiger partial charge is 0.279 e. The molecule has 2 heteroatoms. The normalized spacial score (nSPS) is 12.5. The van der Waals surface area contributed by atoms with Gasteiger partial charge >= 0.3 is 0 Å². The topological polar surface area (TPSA) is 17.1 Å². The summed E-state index contributed by atoms with van der Waals surface area (Å²) in [5, 5.41) is 0. The highest BCUT2D eigenvalue weighted by Crippen LogP contribution is 2.40. The van der Waals surface area contributed by atoms with Crippen LogP contribution in [0.4, 0.5) is 0 Å². The van der Waals surface area contributed by atoms with Gasteiger partial charge < -0.3 is 0 Å². The first-order valence-corrected chi connectivity index (χ1v) is 11.3. The van der Waals surface area contributed by atoms with Crippen molar-refractivity contribution in [1.82, 2.24) is 0 Å². The fraction of sp³-hybridized carbons (Fsp3) is 0.591. The predicted molar refractivity (Wildman–Crippen MR) is 108 cm³/mol. The van der Waals surface area contributed by atoms with Crippen LogP contribution in [0.1, 0.15) is 78.2 Å². The smallest absolute Gasteiger partial charge is 0.235 e. The quantitative estimate of drug-likeness (QED) is 0.352. The molecular formula is C22H34OSi. The van der Waals surface area contributed by atoms with Crippen molar-refractivity contribution < 1.29 is 4.79 Å². The number of Topliss-reactive ketones (excluding diaryl/α,β-unsaturated/α-hetero) is 1. The second-order valence-electron chi connectivity index (χ2n) is 8.80. The highest BCUT2D eigenvalue weighted by atomic mass is 28.3. The van der Waals surface area contributed by atoms with E-state index < -0.39 is 8.07 Å². The Kier molecular flexibility index (Phi) is 6.65. The van der Waals surface area contributed by atoms with E-state index >= 15 is 0 Å². The van der Waals surface area contributed by atoms with Gasteiger partial charge in [0.1, 0.15) is 8.07 Å². The van der Waals surface area contributed by atoms with Gasteiger partial charge in [-0.15, -0.1) is 5.54 Å². The maximum atomic E-state index is 12.6. The van der Waals surface area contributed by atoms with Crippen molar-refractivity contribution in [3.05, 3.63) is 35.4 Å². The molecule has 0 radical (unpaired) electrons. The molecule has 0 spiro atoms. The zero-order valence-electron chi connectivity index (χ0n) is 16.9. The molecule has 0 unspecified atom stereocenters. The van der Waals surface area contributed by atoms with E-state index in [1.807, 2.05) is 24.3 Å². The third-order valence-electron chi connectivity index (χ3n) is 5.27. The number of ketones is 1. The highest BCUT2D eigenvalue weighted by Gasteiger charge is 2.41. The molecule has 0 aliphatic rings. The molecule has 0 saturated carbocycles. The van der Waals surface area contributed by atoms with Gasteiger partial charge in [-0.05, 0) is 33.5 Å². The molecule has 0 aliphatic carbocycles. The molecule has 0 atom stereocenters. The Balaban J connectivity index is 3.16. The lowest BCUT2D eigenvalue weighted by Gasteiger charge is -2.37. The van der Waals surface area contributed by atoms with E-state index in [1.165, 1.54) is 5.56 Å². The molecule has 132 valence electrons. The molecule has 1 rings (SSSR count). The Morgan fingerprint density at radius 1 is 0.875 bits per heavy atom. The van der Waals surface area contributed by atoms with Gasteiger partial charge in [-0.25, -0.2) is 0 Å². The summed E-state index contributed by atoms with van der Waals surface area (Å²) < 4.78 is 0. The fourth-order valence-electron chi connectivity index (χ4n) is 3.79. The fourth-order valence-corrected chi connectivity index (χ4v) is 8.99. The molecule has 0 fully saturated rings. The summed E-state index contributed by atoms with van der Waals surface area (Å²) in [6.45, 7) is 20.1. The number of hydrogen-bond donors (Lipinski definition) is 0. The molecule has 0 bridgehead atoms. The summed E-state index contributed by atoms with van der Waals surface area (Å²) in [6.07, 6.45) is 0. The van der Waals surface area contributed by atoms with Crippen molar-refractivity contribution >= 4 is 13.9 Å². The standard InChI is InChI=1S/C22H34OSi/c1-16(2)24(17(3)4,18(5)6)15-14-21(23)19-10-12-20(13-11-19)22(7,8)9/h10-13,16-18H,1-9H3. The Bertz CT molecular complexity index is 597. The number of benzene rings is 1. The first kappa shape index (κ1) is 20.7. The molecular weight excluding hydrogens is 308 g/mol. The van der Waals surface area contributed by atoms with Crippen molar-refractivity contribution in [2.24, 2.45) is 0 Å². The van der Waals surface area contributed by atoms with Crippen LogP contribution in [-0.2, 0) is 5.41 Å². The van der Waals surface area contributed by atoms with Gasteiger partial charge in [0.15, 0.2) is 0 Å². The van der Waals surface area contributed by atoms with Crippen LogP contribution in [0.25, 0.3) is 0 Å². The monoisotopic (exact) mass is 342 g/mol. The molecule has 1 nitrogen and oxygen atoms in total. The van der Waals surface area contributed by atoms with E-state index in [9.17, 15) is 4.79 Å². The summed E-state index contributed by atoms with van der Waals surface area (Å²) in [5.74, 6) is 2.97. The molecule has 1 aromatic rings. The maximum absolute atomic E-state index is 12.6. The zero-order valence-corrected chi connectivity index (χ0v) is 17.9. The average Bonchev–Trinajstić information content (AvgIpc) is 2.45. The van der Waals surface area contributed by atoms with Crippen LogP contribution in [0.2, 0.25) is 16.6 Å². The van der Waals surface area contributed by atoms with Gasteiger partial charge in [-0.3, -0.25) is 4.79 Å². The lowest BCUT2D eigenvalue weighted by Crippen LogP contribution is -2.43. The van der Waals surface area contributed by atoms with Gasteiger partial charge in [0.25, 0.3) is 0 Å². The second-order valence-corrected chi connectivity index (χ2v) is 14.4. The van der Waals surface area contributed by atoms with Crippen molar-refractivity contribution in [2.75, 3.05) is 0 Å². The van der Waals surface area contributed by atoms with E-state index in [0.717, 1.165) is 0 Å². The molecule has 24 heavy (non-hydrogen) atoms. The van der Waals surface area contributed by atoms with E-state index in [0.29, 0.717) is 22.2 Å². The van der Waals surface area contributed by atoms with Gasteiger partial charge in [0.2, 0.25) is 5.78 Å². The molecule has 0 heterocycles. The van der Waals surface area contributed by atoms with Crippen LogP contribution in [0.3, 0.4) is 0 Å². The molecule has 0 aliphatic heterocycles. The van der Waals surface area contributed by atoms with Crippen LogP contribution >= 0.6 is 0 Å². The van der Waals surface area contributed by atoms with Gasteiger partial charge in [-0.1, -0.05) is 86.6 Å². The minimum absolute atomic E-state index is 0.0470. The minimum atomic E-state index is -1.85. The average molecular weight is 343 g/mol. The van der Waals surface area contributed by atoms with Crippen LogP contribution in [-0.4, -0.2) is 13.9 Å². The van der Waals surface area contributed by atoms with E-state index in [-0.39, 0.29) is 11.2 Å². The second kappa shape index (κ2) is 7.70. The van der Waals surface area contributed by atoms with Crippen LogP contribution in [0.15, 0.2) is 24.3 Å². The van der Waals surface area contributed by atoms with Crippen molar-refractivity contribution in [3.63, 3.8) is 0 Å². The number of rotatable bonds is 4. The van der Waals surface area contributed by atoms with Crippen LogP contribution in [0.5, 0.6) is 0 Å². The number of carbonyl (C=O) groups is 1. The molecule has 0 aromatic heterocycles. The summed E-state index contributed by atoms with van der Waals surface area (Å²) in [7, 11) is -1.85. The minimum Gasteiger partial charge on any atom is -0.279 e. The summed E-state index contributed by atoms with van der Waals surface area (Å²) in [4.78, 5) is 12.6. The maximum Gasteiger partial charge on any atom is 0.235 e. The Hall–Kier alpha value is -1.33. The Morgan fingerprint density at radius 3 is 1.62 bits per heavy atom. The first-order chi connectivity index (χ1) is 10.9. The summed E-state index contributed by atoms with van der Waals surface area (Å²) >= 11 is 0. The molecule has 0 amide bonds. The van der Waals surface area contributed by atoms with Gasteiger partial charge in [-0.2, -0.15) is 0 Å².